The highest BCUT2D eigenvalue weighted by molar-refractivity contribution is 6.07. The number of carbonyl (C=O) groups is 3. The van der Waals surface area contributed by atoms with Gasteiger partial charge in [-0.3, -0.25) is 14.5 Å². The number of hydrogen-bond acceptors (Lipinski definition) is 4. The third-order valence-corrected chi connectivity index (χ3v) is 4.87. The first-order valence-corrected chi connectivity index (χ1v) is 8.59. The fourth-order valence-electron chi connectivity index (χ4n) is 3.32. The van der Waals surface area contributed by atoms with Crippen molar-refractivity contribution in [3.05, 3.63) is 0 Å². The number of carbonyl (C=O) groups excluding carboxylic acids is 3. The van der Waals surface area contributed by atoms with Crippen molar-refractivity contribution in [3.63, 3.8) is 0 Å². The van der Waals surface area contributed by atoms with Crippen LogP contribution in [0.2, 0.25) is 0 Å². The molecule has 4 amide bonds. The monoisotopic (exact) mass is 323 g/mol. The maximum absolute atomic E-state index is 12.4. The van der Waals surface area contributed by atoms with Gasteiger partial charge in [0.05, 0.1) is 6.61 Å². The molecule has 2 N–H and O–H groups in total. The molecule has 1 spiro atoms. The average molecular weight is 323 g/mol. The van der Waals surface area contributed by atoms with Crippen molar-refractivity contribution in [1.82, 2.24) is 15.5 Å². The lowest BCUT2D eigenvalue weighted by atomic mass is 9.98. The van der Waals surface area contributed by atoms with Gasteiger partial charge in [0.2, 0.25) is 5.91 Å². The van der Waals surface area contributed by atoms with Gasteiger partial charge in [-0.05, 0) is 38.0 Å². The zero-order valence-corrected chi connectivity index (χ0v) is 13.4. The summed E-state index contributed by atoms with van der Waals surface area (Å²) < 4.78 is 5.31. The third kappa shape index (κ3) is 3.83. The predicted molar refractivity (Wildman–Crippen MR) is 82.6 cm³/mol. The summed E-state index contributed by atoms with van der Waals surface area (Å²) in [7, 11) is 0. The third-order valence-electron chi connectivity index (χ3n) is 4.87. The van der Waals surface area contributed by atoms with Gasteiger partial charge in [-0.15, -0.1) is 0 Å². The van der Waals surface area contributed by atoms with E-state index in [1.54, 1.807) is 0 Å². The van der Waals surface area contributed by atoms with Gasteiger partial charge < -0.3 is 15.4 Å². The number of imide groups is 1. The molecule has 0 aromatic rings. The number of hydrogen-bond donors (Lipinski definition) is 2. The first-order valence-electron chi connectivity index (χ1n) is 8.59. The Morgan fingerprint density at radius 3 is 2.74 bits per heavy atom. The van der Waals surface area contributed by atoms with Crippen LogP contribution in [-0.4, -0.2) is 54.6 Å². The molecule has 0 bridgehead atoms. The van der Waals surface area contributed by atoms with Crippen molar-refractivity contribution < 1.29 is 19.1 Å². The molecule has 0 unspecified atom stereocenters. The zero-order valence-electron chi connectivity index (χ0n) is 13.4. The molecule has 0 atom stereocenters. The molecular weight excluding hydrogens is 298 g/mol. The molecule has 2 aliphatic carbocycles. The van der Waals surface area contributed by atoms with Crippen LogP contribution < -0.4 is 10.6 Å². The highest BCUT2D eigenvalue weighted by Crippen LogP contribution is 2.35. The van der Waals surface area contributed by atoms with E-state index in [1.165, 1.54) is 17.7 Å². The van der Waals surface area contributed by atoms with Crippen LogP contribution in [-0.2, 0) is 14.3 Å². The second-order valence-corrected chi connectivity index (χ2v) is 6.84. The second kappa shape index (κ2) is 6.86. The van der Waals surface area contributed by atoms with Crippen LogP contribution in [0.4, 0.5) is 4.79 Å². The smallest absolute Gasteiger partial charge is 0.325 e. The summed E-state index contributed by atoms with van der Waals surface area (Å²) in [6.07, 6.45) is 6.41. The van der Waals surface area contributed by atoms with Gasteiger partial charge in [0, 0.05) is 13.1 Å². The van der Waals surface area contributed by atoms with E-state index < -0.39 is 5.54 Å². The van der Waals surface area contributed by atoms with E-state index in [2.05, 4.69) is 10.6 Å². The van der Waals surface area contributed by atoms with Gasteiger partial charge in [0.25, 0.3) is 5.91 Å². The summed E-state index contributed by atoms with van der Waals surface area (Å²) >= 11 is 0. The zero-order chi connectivity index (χ0) is 16.3. The highest BCUT2D eigenvalue weighted by atomic mass is 16.5. The molecular formula is C16H25N3O4. The Kier molecular flexibility index (Phi) is 4.84. The summed E-state index contributed by atoms with van der Waals surface area (Å²) in [5.41, 5.74) is -0.642. The van der Waals surface area contributed by atoms with E-state index in [0.29, 0.717) is 32.0 Å². The highest BCUT2D eigenvalue weighted by Gasteiger charge is 2.51. The fourth-order valence-corrected chi connectivity index (χ4v) is 3.32. The number of urea groups is 1. The van der Waals surface area contributed by atoms with Crippen LogP contribution in [0.25, 0.3) is 0 Å². The standard InChI is InChI=1S/C16H25N3O4/c20-13(11-23-10-12-4-5-12)17-8-3-9-19-14(21)16(18-15(19)22)6-1-2-7-16/h12H,1-11H2,(H,17,20)(H,18,22). The SMILES string of the molecule is O=C(COCC1CC1)NCCCN1C(=O)NC2(CCCC2)C1=O. The van der Waals surface area contributed by atoms with E-state index in [4.69, 9.17) is 4.74 Å². The van der Waals surface area contributed by atoms with Crippen LogP contribution in [0.15, 0.2) is 0 Å². The number of nitrogens with one attached hydrogen (secondary N) is 2. The summed E-state index contributed by atoms with van der Waals surface area (Å²) in [6, 6.07) is -0.295. The quantitative estimate of drug-likeness (QED) is 0.510. The minimum atomic E-state index is -0.642. The van der Waals surface area contributed by atoms with Crippen LogP contribution in [0.1, 0.15) is 44.9 Å². The van der Waals surface area contributed by atoms with Gasteiger partial charge in [0.15, 0.2) is 0 Å². The van der Waals surface area contributed by atoms with Gasteiger partial charge in [-0.2, -0.15) is 0 Å². The van der Waals surface area contributed by atoms with Gasteiger partial charge in [-0.1, -0.05) is 12.8 Å². The Bertz CT molecular complexity index is 484. The van der Waals surface area contributed by atoms with E-state index in [1.807, 2.05) is 0 Å². The molecule has 7 nitrogen and oxygen atoms in total. The van der Waals surface area contributed by atoms with Crippen molar-refractivity contribution in [2.24, 2.45) is 5.92 Å². The topological polar surface area (TPSA) is 87.7 Å². The molecule has 0 radical (unpaired) electrons. The van der Waals surface area contributed by atoms with Crippen molar-refractivity contribution in [1.29, 1.82) is 0 Å². The van der Waals surface area contributed by atoms with E-state index >= 15 is 0 Å². The van der Waals surface area contributed by atoms with Crippen molar-refractivity contribution >= 4 is 17.8 Å². The maximum atomic E-state index is 12.4. The molecule has 3 fully saturated rings. The lowest BCUT2D eigenvalue weighted by Gasteiger charge is -2.20. The average Bonchev–Trinajstić information content (AvgIpc) is 3.17. The molecule has 1 heterocycles. The Labute approximate surface area is 136 Å². The molecule has 3 aliphatic rings. The lowest BCUT2D eigenvalue weighted by Crippen LogP contribution is -2.44. The molecule has 7 heteroatoms. The Morgan fingerprint density at radius 1 is 1.30 bits per heavy atom. The van der Waals surface area contributed by atoms with Crippen molar-refractivity contribution in [2.45, 2.75) is 50.5 Å². The van der Waals surface area contributed by atoms with Crippen LogP contribution >= 0.6 is 0 Å². The minimum absolute atomic E-state index is 0.0861. The molecule has 0 aromatic heterocycles. The fraction of sp³-hybridized carbons (Fsp3) is 0.812. The largest absolute Gasteiger partial charge is 0.371 e. The van der Waals surface area contributed by atoms with Crippen molar-refractivity contribution in [3.8, 4) is 0 Å². The summed E-state index contributed by atoms with van der Waals surface area (Å²) in [5.74, 6) is 0.402. The van der Waals surface area contributed by atoms with Crippen LogP contribution in [0.3, 0.4) is 0 Å². The van der Waals surface area contributed by atoms with Gasteiger partial charge in [0.1, 0.15) is 12.1 Å². The summed E-state index contributed by atoms with van der Waals surface area (Å²) in [6.45, 7) is 1.53. The normalized spacial score (nSPS) is 22.7. The first-order chi connectivity index (χ1) is 11.1. The number of rotatable bonds is 8. The Hall–Kier alpha value is -1.63. The van der Waals surface area contributed by atoms with Crippen LogP contribution in [0, 0.1) is 5.92 Å². The first kappa shape index (κ1) is 16.2. The lowest BCUT2D eigenvalue weighted by molar-refractivity contribution is -0.131. The summed E-state index contributed by atoms with van der Waals surface area (Å²) in [4.78, 5) is 37.3. The molecule has 3 rings (SSSR count). The molecule has 128 valence electrons. The molecule has 2 saturated carbocycles. The molecule has 1 saturated heterocycles. The Balaban J connectivity index is 1.33. The Morgan fingerprint density at radius 2 is 2.04 bits per heavy atom. The minimum Gasteiger partial charge on any atom is -0.371 e. The maximum Gasteiger partial charge on any atom is 0.325 e. The van der Waals surface area contributed by atoms with E-state index in [9.17, 15) is 14.4 Å². The van der Waals surface area contributed by atoms with Gasteiger partial charge in [-0.25, -0.2) is 4.79 Å². The molecule has 1 aliphatic heterocycles. The number of amides is 4. The second-order valence-electron chi connectivity index (χ2n) is 6.84. The molecule has 0 aromatic carbocycles. The predicted octanol–water partition coefficient (Wildman–Crippen LogP) is 0.784. The van der Waals surface area contributed by atoms with Crippen LogP contribution in [0.5, 0.6) is 0 Å². The van der Waals surface area contributed by atoms with Gasteiger partial charge >= 0.3 is 6.03 Å². The number of nitrogens with zero attached hydrogens (tertiary/aromatic N) is 1. The van der Waals surface area contributed by atoms with E-state index in [0.717, 1.165) is 25.7 Å². The summed E-state index contributed by atoms with van der Waals surface area (Å²) in [5, 5.41) is 5.61. The van der Waals surface area contributed by atoms with Crippen molar-refractivity contribution in [2.75, 3.05) is 26.3 Å². The van der Waals surface area contributed by atoms with E-state index in [-0.39, 0.29) is 24.5 Å². The molecule has 23 heavy (non-hydrogen) atoms. The number of ether oxygens (including phenoxy) is 1.